The lowest BCUT2D eigenvalue weighted by Gasteiger charge is -2.17. The first-order valence-electron chi connectivity index (χ1n) is 9.64. The van der Waals surface area contributed by atoms with E-state index in [0.717, 1.165) is 17.3 Å². The largest absolute Gasteiger partial charge is 0.324 e. The standard InChI is InChI=1S/C24H17ClFN3O2S/c25-19-8-4-5-9-20(19)27-22(30)15-32-24-28-21(14-16-6-2-1-3-7-16)23(31)29(24)18-12-10-17(26)11-13-18/h1-14H,15H2,(H,27,30). The molecule has 0 saturated carbocycles. The number of halogens is 2. The fourth-order valence-electron chi connectivity index (χ4n) is 3.00. The molecule has 0 fully saturated rings. The second-order valence-corrected chi connectivity index (χ2v) is 8.12. The van der Waals surface area contributed by atoms with Crippen LogP contribution in [-0.2, 0) is 9.59 Å². The van der Waals surface area contributed by atoms with Gasteiger partial charge in [-0.3, -0.25) is 14.5 Å². The summed E-state index contributed by atoms with van der Waals surface area (Å²) >= 11 is 7.20. The molecule has 4 rings (SSSR count). The Morgan fingerprint density at radius 3 is 2.44 bits per heavy atom. The number of thioether (sulfide) groups is 1. The van der Waals surface area contributed by atoms with E-state index in [9.17, 15) is 14.0 Å². The zero-order valence-corrected chi connectivity index (χ0v) is 18.2. The predicted molar refractivity (Wildman–Crippen MR) is 128 cm³/mol. The lowest BCUT2D eigenvalue weighted by molar-refractivity contribution is -0.114. The number of para-hydroxylation sites is 1. The first-order chi connectivity index (χ1) is 15.5. The van der Waals surface area contributed by atoms with Crippen molar-refractivity contribution in [3.05, 3.63) is 101 Å². The van der Waals surface area contributed by atoms with Crippen molar-refractivity contribution in [1.29, 1.82) is 0 Å². The molecule has 0 atom stereocenters. The molecular formula is C24H17ClFN3O2S. The number of amides is 2. The highest BCUT2D eigenvalue weighted by Gasteiger charge is 2.32. The van der Waals surface area contributed by atoms with E-state index in [0.29, 0.717) is 21.6 Å². The average Bonchev–Trinajstić information content (AvgIpc) is 3.10. The maximum absolute atomic E-state index is 13.4. The van der Waals surface area contributed by atoms with E-state index >= 15 is 0 Å². The van der Waals surface area contributed by atoms with Gasteiger partial charge >= 0.3 is 0 Å². The number of hydrogen-bond donors (Lipinski definition) is 1. The normalized spacial score (nSPS) is 14.6. The van der Waals surface area contributed by atoms with E-state index in [1.807, 2.05) is 30.3 Å². The summed E-state index contributed by atoms with van der Waals surface area (Å²) in [5.41, 5.74) is 2.02. The van der Waals surface area contributed by atoms with Crippen molar-refractivity contribution in [3.63, 3.8) is 0 Å². The van der Waals surface area contributed by atoms with Crippen LogP contribution in [0.1, 0.15) is 5.56 Å². The van der Waals surface area contributed by atoms with Crippen LogP contribution < -0.4 is 10.2 Å². The summed E-state index contributed by atoms with van der Waals surface area (Å²) in [6.45, 7) is 0. The van der Waals surface area contributed by atoms with E-state index in [1.165, 1.54) is 29.2 Å². The Labute approximate surface area is 193 Å². The fraction of sp³-hybridized carbons (Fsp3) is 0.0417. The van der Waals surface area contributed by atoms with E-state index in [1.54, 1.807) is 30.3 Å². The summed E-state index contributed by atoms with van der Waals surface area (Å²) in [5, 5.41) is 3.51. The fourth-order valence-corrected chi connectivity index (χ4v) is 3.99. The summed E-state index contributed by atoms with van der Waals surface area (Å²) in [6.07, 6.45) is 1.68. The van der Waals surface area contributed by atoms with E-state index < -0.39 is 5.82 Å². The number of aliphatic imine (C=N–C) groups is 1. The smallest absolute Gasteiger partial charge is 0.283 e. The third-order valence-electron chi connectivity index (χ3n) is 4.50. The third kappa shape index (κ3) is 5.07. The molecule has 0 aliphatic carbocycles. The second-order valence-electron chi connectivity index (χ2n) is 6.77. The molecule has 0 aromatic heterocycles. The van der Waals surface area contributed by atoms with Gasteiger partial charge in [0.2, 0.25) is 5.91 Å². The average molecular weight is 466 g/mol. The summed E-state index contributed by atoms with van der Waals surface area (Å²) in [5.74, 6) is -1.05. The van der Waals surface area contributed by atoms with Gasteiger partial charge in [-0.1, -0.05) is 65.8 Å². The summed E-state index contributed by atoms with van der Waals surface area (Å²) in [4.78, 5) is 31.4. The topological polar surface area (TPSA) is 61.8 Å². The van der Waals surface area contributed by atoms with Gasteiger partial charge in [0, 0.05) is 0 Å². The molecule has 1 N–H and O–H groups in total. The Balaban J connectivity index is 1.57. The van der Waals surface area contributed by atoms with Crippen LogP contribution in [0.3, 0.4) is 0 Å². The maximum Gasteiger partial charge on any atom is 0.283 e. The summed E-state index contributed by atoms with van der Waals surface area (Å²) < 4.78 is 13.4. The minimum Gasteiger partial charge on any atom is -0.324 e. The number of benzene rings is 3. The third-order valence-corrected chi connectivity index (χ3v) is 5.77. The lowest BCUT2D eigenvalue weighted by atomic mass is 10.2. The molecule has 0 unspecified atom stereocenters. The van der Waals surface area contributed by atoms with Crippen LogP contribution in [0, 0.1) is 5.82 Å². The highest BCUT2D eigenvalue weighted by atomic mass is 35.5. The van der Waals surface area contributed by atoms with Crippen molar-refractivity contribution in [2.75, 3.05) is 16.0 Å². The van der Waals surface area contributed by atoms with Gasteiger partial charge in [0.25, 0.3) is 5.91 Å². The Kier molecular flexibility index (Phi) is 6.68. The number of nitrogens with one attached hydrogen (secondary N) is 1. The van der Waals surface area contributed by atoms with Crippen molar-refractivity contribution in [2.45, 2.75) is 0 Å². The van der Waals surface area contributed by atoms with Crippen LogP contribution in [0.25, 0.3) is 6.08 Å². The van der Waals surface area contributed by atoms with Crippen molar-refractivity contribution in [3.8, 4) is 0 Å². The number of hydrogen-bond acceptors (Lipinski definition) is 4. The Hall–Kier alpha value is -3.42. The van der Waals surface area contributed by atoms with Gasteiger partial charge < -0.3 is 5.32 Å². The number of nitrogens with zero attached hydrogens (tertiary/aromatic N) is 2. The molecule has 1 aliphatic heterocycles. The van der Waals surface area contributed by atoms with Crippen LogP contribution in [0.5, 0.6) is 0 Å². The molecule has 0 bridgehead atoms. The highest BCUT2D eigenvalue weighted by molar-refractivity contribution is 8.14. The zero-order valence-electron chi connectivity index (χ0n) is 16.7. The molecular weight excluding hydrogens is 449 g/mol. The molecule has 1 heterocycles. The predicted octanol–water partition coefficient (Wildman–Crippen LogP) is 5.59. The van der Waals surface area contributed by atoms with Crippen molar-refractivity contribution < 1.29 is 14.0 Å². The zero-order chi connectivity index (χ0) is 22.5. The first kappa shape index (κ1) is 21.8. The molecule has 32 heavy (non-hydrogen) atoms. The van der Waals surface area contributed by atoms with Gasteiger partial charge in [0.1, 0.15) is 11.5 Å². The molecule has 2 amide bonds. The van der Waals surface area contributed by atoms with Crippen LogP contribution >= 0.6 is 23.4 Å². The molecule has 0 spiro atoms. The van der Waals surface area contributed by atoms with Crippen molar-refractivity contribution >= 4 is 57.8 Å². The number of carbonyl (C=O) groups excluding carboxylic acids is 2. The van der Waals surface area contributed by atoms with E-state index in [-0.39, 0.29) is 23.3 Å². The molecule has 0 saturated heterocycles. The SMILES string of the molecule is O=C(CSC1=NC(=Cc2ccccc2)C(=O)N1c1ccc(F)cc1)Nc1ccccc1Cl. The molecule has 1 aliphatic rings. The van der Waals surface area contributed by atoms with Crippen LogP contribution in [-0.4, -0.2) is 22.7 Å². The molecule has 160 valence electrons. The minimum atomic E-state index is -0.411. The quantitative estimate of drug-likeness (QED) is 0.499. The second kappa shape index (κ2) is 9.80. The number of carbonyl (C=O) groups is 2. The molecule has 3 aromatic rings. The molecule has 0 radical (unpaired) electrons. The summed E-state index contributed by atoms with van der Waals surface area (Å²) in [7, 11) is 0. The molecule has 3 aromatic carbocycles. The number of amidine groups is 1. The first-order valence-corrected chi connectivity index (χ1v) is 11.0. The van der Waals surface area contributed by atoms with Gasteiger partial charge in [-0.2, -0.15) is 0 Å². The minimum absolute atomic E-state index is 0.00759. The van der Waals surface area contributed by atoms with E-state index in [2.05, 4.69) is 10.3 Å². The van der Waals surface area contributed by atoms with Gasteiger partial charge in [-0.05, 0) is 48.0 Å². The number of rotatable bonds is 5. The highest BCUT2D eigenvalue weighted by Crippen LogP contribution is 2.30. The van der Waals surface area contributed by atoms with E-state index in [4.69, 9.17) is 11.6 Å². The van der Waals surface area contributed by atoms with Gasteiger partial charge in [-0.25, -0.2) is 9.38 Å². The van der Waals surface area contributed by atoms with Crippen molar-refractivity contribution in [2.24, 2.45) is 4.99 Å². The Morgan fingerprint density at radius 2 is 1.72 bits per heavy atom. The number of anilines is 2. The van der Waals surface area contributed by atoms with Gasteiger partial charge in [0.05, 0.1) is 22.2 Å². The monoisotopic (exact) mass is 465 g/mol. The van der Waals surface area contributed by atoms with Gasteiger partial charge in [-0.15, -0.1) is 0 Å². The van der Waals surface area contributed by atoms with Crippen LogP contribution in [0.2, 0.25) is 5.02 Å². The molecule has 8 heteroatoms. The van der Waals surface area contributed by atoms with Gasteiger partial charge in [0.15, 0.2) is 5.17 Å². The maximum atomic E-state index is 13.4. The summed E-state index contributed by atoms with van der Waals surface area (Å²) in [6, 6.07) is 21.8. The van der Waals surface area contributed by atoms with Crippen LogP contribution in [0.4, 0.5) is 15.8 Å². The van der Waals surface area contributed by atoms with Crippen LogP contribution in [0.15, 0.2) is 89.6 Å². The lowest BCUT2D eigenvalue weighted by Crippen LogP contribution is -2.31. The van der Waals surface area contributed by atoms with Crippen molar-refractivity contribution in [1.82, 2.24) is 0 Å². The Morgan fingerprint density at radius 1 is 1.03 bits per heavy atom. The Bertz CT molecular complexity index is 1210. The molecule has 5 nitrogen and oxygen atoms in total.